The van der Waals surface area contributed by atoms with Crippen LogP contribution >= 0.6 is 11.8 Å². The molecule has 3 N–H and O–H groups in total. The maximum Gasteiger partial charge on any atom is 0.338 e. The summed E-state index contributed by atoms with van der Waals surface area (Å²) >= 11 is 1.71. The van der Waals surface area contributed by atoms with Gasteiger partial charge in [0.05, 0.1) is 5.56 Å². The van der Waals surface area contributed by atoms with Gasteiger partial charge < -0.3 is 15.7 Å². The third kappa shape index (κ3) is 4.28. The Morgan fingerprint density at radius 1 is 1.47 bits per heavy atom. The number of carboxylic acids is 1. The van der Waals surface area contributed by atoms with Crippen molar-refractivity contribution in [2.24, 2.45) is 0 Å². The van der Waals surface area contributed by atoms with E-state index < -0.39 is 5.97 Å². The predicted molar refractivity (Wildman–Crippen MR) is 72.5 cm³/mol. The molecule has 17 heavy (non-hydrogen) atoms. The zero-order valence-corrected chi connectivity index (χ0v) is 11.0. The highest BCUT2D eigenvalue weighted by Gasteiger charge is 2.13. The number of carbonyl (C=O) groups is 1. The van der Waals surface area contributed by atoms with Gasteiger partial charge in [0.15, 0.2) is 0 Å². The molecule has 1 aromatic carbocycles. The molecule has 94 valence electrons. The zero-order chi connectivity index (χ0) is 12.8. The van der Waals surface area contributed by atoms with Crippen molar-refractivity contribution in [2.75, 3.05) is 32.1 Å². The molecule has 0 aliphatic rings. The van der Waals surface area contributed by atoms with Crippen LogP contribution in [0.3, 0.4) is 0 Å². The summed E-state index contributed by atoms with van der Waals surface area (Å²) in [4.78, 5) is 13.2. The second kappa shape index (κ2) is 6.51. The molecule has 1 rings (SSSR count). The lowest BCUT2D eigenvalue weighted by molar-refractivity contribution is 0.0697. The fraction of sp³-hybridized carbons (Fsp3) is 0.417. The Morgan fingerprint density at radius 3 is 2.76 bits per heavy atom. The van der Waals surface area contributed by atoms with E-state index in [0.717, 1.165) is 17.9 Å². The highest BCUT2D eigenvalue weighted by Crippen LogP contribution is 2.21. The number of hydrogen-bond acceptors (Lipinski definition) is 4. The number of nitrogen functional groups attached to an aromatic ring is 1. The normalized spacial score (nSPS) is 10.8. The third-order valence-electron chi connectivity index (χ3n) is 2.34. The van der Waals surface area contributed by atoms with E-state index in [-0.39, 0.29) is 5.56 Å². The maximum absolute atomic E-state index is 11.1. The Labute approximate surface area is 106 Å². The minimum absolute atomic E-state index is 0.241. The van der Waals surface area contributed by atoms with Crippen molar-refractivity contribution >= 4 is 23.4 Å². The van der Waals surface area contributed by atoms with Crippen LogP contribution in [0.5, 0.6) is 0 Å². The van der Waals surface area contributed by atoms with Crippen molar-refractivity contribution < 1.29 is 9.90 Å². The summed E-state index contributed by atoms with van der Waals surface area (Å²) in [5.74, 6) is 0.702. The topological polar surface area (TPSA) is 66.6 Å². The molecular weight excluding hydrogens is 236 g/mol. The monoisotopic (exact) mass is 254 g/mol. The number of nitrogens with zero attached hydrogens (tertiary/aromatic N) is 1. The first-order chi connectivity index (χ1) is 8.02. The van der Waals surface area contributed by atoms with Crippen LogP contribution < -0.4 is 5.73 Å². The number of rotatable bonds is 6. The first kappa shape index (κ1) is 13.9. The van der Waals surface area contributed by atoms with E-state index in [2.05, 4.69) is 4.90 Å². The van der Waals surface area contributed by atoms with Crippen LogP contribution in [0.4, 0.5) is 5.69 Å². The lowest BCUT2D eigenvalue weighted by Gasteiger charge is -2.10. The van der Waals surface area contributed by atoms with Crippen LogP contribution in [0, 0.1) is 0 Å². The lowest BCUT2D eigenvalue weighted by Crippen LogP contribution is -2.15. The molecule has 0 atom stereocenters. The SMILES string of the molecule is CN(C)CCSCc1cccc(N)c1C(=O)O. The molecule has 0 unspecified atom stereocenters. The zero-order valence-electron chi connectivity index (χ0n) is 10.1. The van der Waals surface area contributed by atoms with Gasteiger partial charge in [-0.3, -0.25) is 0 Å². The fourth-order valence-electron chi connectivity index (χ4n) is 1.43. The molecule has 0 saturated heterocycles. The summed E-state index contributed by atoms with van der Waals surface area (Å²) in [5, 5.41) is 9.09. The fourth-order valence-corrected chi connectivity index (χ4v) is 2.53. The number of hydrogen-bond donors (Lipinski definition) is 2. The van der Waals surface area contributed by atoms with E-state index in [1.165, 1.54) is 0 Å². The molecule has 0 aliphatic carbocycles. The summed E-state index contributed by atoms with van der Waals surface area (Å²) < 4.78 is 0. The number of anilines is 1. The van der Waals surface area contributed by atoms with E-state index in [4.69, 9.17) is 10.8 Å². The lowest BCUT2D eigenvalue weighted by atomic mass is 10.1. The van der Waals surface area contributed by atoms with Gasteiger partial charge in [0.1, 0.15) is 0 Å². The van der Waals surface area contributed by atoms with Crippen LogP contribution in [0.25, 0.3) is 0 Å². The number of nitrogens with two attached hydrogens (primary N) is 1. The first-order valence-electron chi connectivity index (χ1n) is 5.35. The molecule has 0 aromatic heterocycles. The minimum Gasteiger partial charge on any atom is -0.478 e. The summed E-state index contributed by atoms with van der Waals surface area (Å²) in [5.41, 5.74) is 7.05. The van der Waals surface area contributed by atoms with Crippen LogP contribution in [-0.2, 0) is 5.75 Å². The summed E-state index contributed by atoms with van der Waals surface area (Å²) in [6.07, 6.45) is 0. The van der Waals surface area contributed by atoms with E-state index in [1.54, 1.807) is 23.9 Å². The van der Waals surface area contributed by atoms with E-state index >= 15 is 0 Å². The number of aromatic carboxylic acids is 1. The molecule has 4 nitrogen and oxygen atoms in total. The van der Waals surface area contributed by atoms with Crippen LogP contribution in [0.15, 0.2) is 18.2 Å². The first-order valence-corrected chi connectivity index (χ1v) is 6.51. The Bertz CT molecular complexity index is 394. The minimum atomic E-state index is -0.952. The Morgan fingerprint density at radius 2 is 2.18 bits per heavy atom. The van der Waals surface area contributed by atoms with Crippen molar-refractivity contribution in [1.82, 2.24) is 4.90 Å². The van der Waals surface area contributed by atoms with Gasteiger partial charge in [-0.1, -0.05) is 12.1 Å². The molecule has 0 bridgehead atoms. The summed E-state index contributed by atoms with van der Waals surface area (Å²) in [6, 6.07) is 5.24. The van der Waals surface area contributed by atoms with Gasteiger partial charge in [0.25, 0.3) is 0 Å². The predicted octanol–water partition coefficient (Wildman–Crippen LogP) is 1.76. The Kier molecular flexibility index (Phi) is 5.31. The van der Waals surface area contributed by atoms with E-state index in [0.29, 0.717) is 11.4 Å². The van der Waals surface area contributed by atoms with Gasteiger partial charge in [0, 0.05) is 23.7 Å². The number of benzene rings is 1. The largest absolute Gasteiger partial charge is 0.478 e. The standard InChI is InChI=1S/C12H18N2O2S/c1-14(2)6-7-17-8-9-4-3-5-10(13)11(9)12(15)16/h3-5H,6-8,13H2,1-2H3,(H,15,16). The van der Waals surface area contributed by atoms with Gasteiger partial charge in [-0.25, -0.2) is 4.79 Å². The summed E-state index contributed by atoms with van der Waals surface area (Å²) in [6.45, 7) is 0.982. The van der Waals surface area contributed by atoms with Gasteiger partial charge in [-0.15, -0.1) is 0 Å². The van der Waals surface area contributed by atoms with E-state index in [1.807, 2.05) is 20.2 Å². The molecule has 0 aliphatic heterocycles. The Balaban J connectivity index is 2.64. The average molecular weight is 254 g/mol. The van der Waals surface area contributed by atoms with Gasteiger partial charge in [-0.05, 0) is 25.7 Å². The smallest absolute Gasteiger partial charge is 0.338 e. The van der Waals surface area contributed by atoms with Crippen molar-refractivity contribution in [2.45, 2.75) is 5.75 Å². The molecule has 0 amide bonds. The van der Waals surface area contributed by atoms with Crippen molar-refractivity contribution in [3.8, 4) is 0 Å². The molecular formula is C12H18N2O2S. The molecule has 1 aromatic rings. The third-order valence-corrected chi connectivity index (χ3v) is 3.32. The molecule has 5 heteroatoms. The van der Waals surface area contributed by atoms with Crippen LogP contribution in [0.1, 0.15) is 15.9 Å². The molecule has 0 radical (unpaired) electrons. The molecule has 0 heterocycles. The highest BCUT2D eigenvalue weighted by atomic mass is 32.2. The summed E-state index contributed by atoms with van der Waals surface area (Å²) in [7, 11) is 4.04. The molecule has 0 spiro atoms. The molecule has 0 fully saturated rings. The number of thioether (sulfide) groups is 1. The van der Waals surface area contributed by atoms with Gasteiger partial charge in [0.2, 0.25) is 0 Å². The van der Waals surface area contributed by atoms with E-state index in [9.17, 15) is 4.79 Å². The van der Waals surface area contributed by atoms with Crippen molar-refractivity contribution in [3.63, 3.8) is 0 Å². The van der Waals surface area contributed by atoms with Crippen molar-refractivity contribution in [1.29, 1.82) is 0 Å². The molecule has 0 saturated carbocycles. The van der Waals surface area contributed by atoms with Crippen LogP contribution in [-0.4, -0.2) is 42.4 Å². The van der Waals surface area contributed by atoms with Crippen molar-refractivity contribution in [3.05, 3.63) is 29.3 Å². The highest BCUT2D eigenvalue weighted by molar-refractivity contribution is 7.98. The average Bonchev–Trinajstić information content (AvgIpc) is 2.23. The second-order valence-corrected chi connectivity index (χ2v) is 5.15. The second-order valence-electron chi connectivity index (χ2n) is 4.04. The Hall–Kier alpha value is -1.20. The quantitative estimate of drug-likeness (QED) is 0.598. The van der Waals surface area contributed by atoms with Gasteiger partial charge in [-0.2, -0.15) is 11.8 Å². The maximum atomic E-state index is 11.1. The number of carboxylic acid groups (broad SMARTS) is 1. The van der Waals surface area contributed by atoms with Gasteiger partial charge >= 0.3 is 5.97 Å². The van der Waals surface area contributed by atoms with Crippen LogP contribution in [0.2, 0.25) is 0 Å².